The molecule has 0 amide bonds. The van der Waals surface area contributed by atoms with Gasteiger partial charge in [0.25, 0.3) is 10.0 Å². The van der Waals surface area contributed by atoms with Crippen molar-refractivity contribution >= 4 is 38.8 Å². The molecule has 6 nitrogen and oxygen atoms in total. The van der Waals surface area contributed by atoms with Gasteiger partial charge in [0.15, 0.2) is 5.82 Å². The highest BCUT2D eigenvalue weighted by molar-refractivity contribution is 7.92. The fourth-order valence-corrected chi connectivity index (χ4v) is 3.65. The number of aromatic nitrogens is 1. The minimum absolute atomic E-state index is 0.0342. The van der Waals surface area contributed by atoms with Gasteiger partial charge in [0.05, 0.1) is 5.02 Å². The summed E-state index contributed by atoms with van der Waals surface area (Å²) < 4.78 is 32.2. The normalized spacial score (nSPS) is 11.2. The van der Waals surface area contributed by atoms with Gasteiger partial charge in [-0.05, 0) is 43.3 Å². The van der Waals surface area contributed by atoms with Gasteiger partial charge in [-0.25, -0.2) is 8.42 Å². The lowest BCUT2D eigenvalue weighted by atomic mass is 10.3. The summed E-state index contributed by atoms with van der Waals surface area (Å²) in [5, 5.41) is 7.05. The largest absolute Gasteiger partial charge is 0.360 e. The summed E-state index contributed by atoms with van der Waals surface area (Å²) in [5.74, 6) is 1.28. The van der Waals surface area contributed by atoms with Crippen molar-refractivity contribution in [3.8, 4) is 0 Å². The van der Waals surface area contributed by atoms with Crippen LogP contribution in [0.25, 0.3) is 0 Å². The molecule has 0 saturated heterocycles. The van der Waals surface area contributed by atoms with Gasteiger partial charge in [-0.1, -0.05) is 28.9 Å². The number of hydrogen-bond donors (Lipinski definition) is 2. The van der Waals surface area contributed by atoms with Gasteiger partial charge in [-0.3, -0.25) is 4.72 Å². The van der Waals surface area contributed by atoms with Crippen LogP contribution in [0.15, 0.2) is 64.0 Å². The molecule has 0 aliphatic rings. The molecule has 0 spiro atoms. The summed E-state index contributed by atoms with van der Waals surface area (Å²) >= 11 is 5.95. The van der Waals surface area contributed by atoms with Crippen LogP contribution in [0.1, 0.15) is 5.76 Å². The average molecular weight is 364 g/mol. The van der Waals surface area contributed by atoms with Crippen LogP contribution >= 0.6 is 11.6 Å². The second kappa shape index (κ2) is 6.54. The van der Waals surface area contributed by atoms with Crippen LogP contribution in [0.5, 0.6) is 0 Å². The molecule has 1 aromatic heterocycles. The first-order chi connectivity index (χ1) is 11.4. The Morgan fingerprint density at radius 1 is 1.04 bits per heavy atom. The second-order valence-corrected chi connectivity index (χ2v) is 7.12. The van der Waals surface area contributed by atoms with Crippen LogP contribution < -0.4 is 10.0 Å². The Morgan fingerprint density at radius 3 is 2.33 bits per heavy atom. The van der Waals surface area contributed by atoms with E-state index in [4.69, 9.17) is 16.1 Å². The van der Waals surface area contributed by atoms with E-state index in [9.17, 15) is 8.42 Å². The van der Waals surface area contributed by atoms with E-state index >= 15 is 0 Å². The summed E-state index contributed by atoms with van der Waals surface area (Å²) in [6.07, 6.45) is 0. The summed E-state index contributed by atoms with van der Waals surface area (Å²) in [6, 6.07) is 14.8. The van der Waals surface area contributed by atoms with Crippen molar-refractivity contribution in [2.75, 3.05) is 10.0 Å². The molecule has 8 heteroatoms. The summed E-state index contributed by atoms with van der Waals surface area (Å²) in [5.41, 5.74) is 1.18. The quantitative estimate of drug-likeness (QED) is 0.710. The predicted octanol–water partition coefficient (Wildman–Crippen LogP) is 4.18. The Labute approximate surface area is 144 Å². The number of benzene rings is 2. The van der Waals surface area contributed by atoms with Crippen molar-refractivity contribution in [1.82, 2.24) is 5.16 Å². The molecule has 0 aliphatic heterocycles. The van der Waals surface area contributed by atoms with Crippen molar-refractivity contribution in [3.63, 3.8) is 0 Å². The number of hydrogen-bond acceptors (Lipinski definition) is 5. The van der Waals surface area contributed by atoms with Gasteiger partial charge in [0.1, 0.15) is 10.7 Å². The van der Waals surface area contributed by atoms with Crippen LogP contribution in [-0.2, 0) is 10.0 Å². The summed E-state index contributed by atoms with van der Waals surface area (Å²) in [6.45, 7) is 1.80. The number of anilines is 3. The van der Waals surface area contributed by atoms with Crippen LogP contribution in [0, 0.1) is 6.92 Å². The van der Waals surface area contributed by atoms with Crippen LogP contribution in [0.3, 0.4) is 0 Å². The topological polar surface area (TPSA) is 84.2 Å². The zero-order valence-electron chi connectivity index (χ0n) is 12.7. The number of nitrogens with one attached hydrogen (secondary N) is 2. The first-order valence-electron chi connectivity index (χ1n) is 7.02. The Kier molecular flexibility index (Phi) is 4.46. The van der Waals surface area contributed by atoms with E-state index < -0.39 is 10.0 Å². The van der Waals surface area contributed by atoms with E-state index in [1.165, 1.54) is 12.1 Å². The van der Waals surface area contributed by atoms with Crippen molar-refractivity contribution in [1.29, 1.82) is 0 Å². The van der Waals surface area contributed by atoms with Crippen LogP contribution in [0.2, 0.25) is 5.02 Å². The third kappa shape index (κ3) is 3.69. The van der Waals surface area contributed by atoms with E-state index in [-0.39, 0.29) is 9.92 Å². The molecule has 124 valence electrons. The van der Waals surface area contributed by atoms with Crippen LogP contribution in [-0.4, -0.2) is 13.6 Å². The molecular formula is C16H14ClN3O3S. The Morgan fingerprint density at radius 2 is 1.71 bits per heavy atom. The van der Waals surface area contributed by atoms with Gasteiger partial charge in [-0.2, -0.15) is 0 Å². The molecule has 0 bridgehead atoms. The first-order valence-corrected chi connectivity index (χ1v) is 8.88. The molecule has 2 aromatic carbocycles. The average Bonchev–Trinajstić information content (AvgIpc) is 2.94. The minimum Gasteiger partial charge on any atom is -0.360 e. The Hall–Kier alpha value is -2.51. The molecule has 24 heavy (non-hydrogen) atoms. The smallest absolute Gasteiger partial charge is 0.263 e. The van der Waals surface area contributed by atoms with E-state index in [2.05, 4.69) is 15.2 Å². The fraction of sp³-hybridized carbons (Fsp3) is 0.0625. The molecule has 0 unspecified atom stereocenters. The number of rotatable bonds is 5. The van der Waals surface area contributed by atoms with Crippen molar-refractivity contribution in [2.24, 2.45) is 0 Å². The predicted molar refractivity (Wildman–Crippen MR) is 93.2 cm³/mol. The SMILES string of the molecule is Cc1cc(Nc2ccc(NS(=O)(=O)c3ccccc3Cl)cc2)no1. The van der Waals surface area contributed by atoms with Gasteiger partial charge < -0.3 is 9.84 Å². The summed E-state index contributed by atoms with van der Waals surface area (Å²) in [4.78, 5) is 0.0342. The van der Waals surface area contributed by atoms with E-state index in [1.54, 1.807) is 49.4 Å². The molecule has 3 rings (SSSR count). The number of halogens is 1. The van der Waals surface area contributed by atoms with E-state index in [1.807, 2.05) is 0 Å². The monoisotopic (exact) mass is 363 g/mol. The van der Waals surface area contributed by atoms with Gasteiger partial charge >= 0.3 is 0 Å². The maximum atomic E-state index is 12.4. The lowest BCUT2D eigenvalue weighted by Crippen LogP contribution is -2.13. The van der Waals surface area contributed by atoms with Crippen molar-refractivity contribution in [2.45, 2.75) is 11.8 Å². The lowest BCUT2D eigenvalue weighted by molar-refractivity contribution is 0.400. The zero-order valence-corrected chi connectivity index (χ0v) is 14.2. The second-order valence-electron chi connectivity index (χ2n) is 5.06. The Bertz CT molecular complexity index is 953. The van der Waals surface area contributed by atoms with E-state index in [0.29, 0.717) is 17.3 Å². The number of aryl methyl sites for hydroxylation is 1. The molecule has 0 saturated carbocycles. The highest BCUT2D eigenvalue weighted by Gasteiger charge is 2.17. The molecule has 3 aromatic rings. The highest BCUT2D eigenvalue weighted by Crippen LogP contribution is 2.24. The third-order valence-electron chi connectivity index (χ3n) is 3.16. The molecule has 2 N–H and O–H groups in total. The Balaban J connectivity index is 1.75. The fourth-order valence-electron chi connectivity index (χ4n) is 2.07. The molecule has 1 heterocycles. The maximum absolute atomic E-state index is 12.4. The van der Waals surface area contributed by atoms with Gasteiger partial charge in [0.2, 0.25) is 0 Å². The standard InChI is InChI=1S/C16H14ClN3O3S/c1-11-10-16(19-23-11)18-12-6-8-13(9-7-12)20-24(21,22)15-5-3-2-4-14(15)17/h2-10,20H,1H3,(H,18,19). The maximum Gasteiger partial charge on any atom is 0.263 e. The van der Waals surface area contributed by atoms with E-state index in [0.717, 1.165) is 5.69 Å². The van der Waals surface area contributed by atoms with Crippen molar-refractivity contribution < 1.29 is 12.9 Å². The zero-order chi connectivity index (χ0) is 17.2. The van der Waals surface area contributed by atoms with Gasteiger partial charge in [-0.15, -0.1) is 0 Å². The molecule has 0 fully saturated rings. The molecular weight excluding hydrogens is 350 g/mol. The first kappa shape index (κ1) is 16.4. The highest BCUT2D eigenvalue weighted by atomic mass is 35.5. The lowest BCUT2D eigenvalue weighted by Gasteiger charge is -2.10. The van der Waals surface area contributed by atoms with Crippen LogP contribution in [0.4, 0.5) is 17.2 Å². The number of nitrogens with zero attached hydrogens (tertiary/aromatic N) is 1. The van der Waals surface area contributed by atoms with Gasteiger partial charge in [0, 0.05) is 17.4 Å². The third-order valence-corrected chi connectivity index (χ3v) is 5.04. The van der Waals surface area contributed by atoms with Crippen molar-refractivity contribution in [3.05, 3.63) is 65.4 Å². The number of sulfonamides is 1. The minimum atomic E-state index is -3.74. The molecule has 0 atom stereocenters. The summed E-state index contributed by atoms with van der Waals surface area (Å²) in [7, 11) is -3.74. The molecule has 0 aliphatic carbocycles. The molecule has 0 radical (unpaired) electrons.